The Morgan fingerprint density at radius 2 is 1.83 bits per heavy atom. The van der Waals surface area contributed by atoms with Crippen LogP contribution in [0.1, 0.15) is 22.8 Å². The maximum absolute atomic E-state index is 12.0. The van der Waals surface area contributed by atoms with Gasteiger partial charge < -0.3 is 16.0 Å². The van der Waals surface area contributed by atoms with E-state index in [2.05, 4.69) is 21.9 Å². The van der Waals surface area contributed by atoms with Crippen LogP contribution in [-0.2, 0) is 4.79 Å². The summed E-state index contributed by atoms with van der Waals surface area (Å²) in [6, 6.07) is 14.1. The van der Waals surface area contributed by atoms with Gasteiger partial charge in [-0.3, -0.25) is 9.59 Å². The SMILES string of the molecule is C#Cc1cccc(NCC(=O)Nc2cccc(C(=O)NCC)c2)c1. The molecule has 3 N–H and O–H groups in total. The Balaban J connectivity index is 1.93. The van der Waals surface area contributed by atoms with E-state index in [1.807, 2.05) is 25.1 Å². The molecule has 2 rings (SSSR count). The standard InChI is InChI=1S/C19H19N3O2/c1-3-14-7-5-9-16(11-14)21-13-18(23)22-17-10-6-8-15(12-17)19(24)20-4-2/h1,5-12,21H,4,13H2,2H3,(H,20,24)(H,22,23). The van der Waals surface area contributed by atoms with Gasteiger partial charge in [-0.05, 0) is 43.3 Å². The molecule has 0 unspecified atom stereocenters. The average Bonchev–Trinajstić information content (AvgIpc) is 2.60. The largest absolute Gasteiger partial charge is 0.376 e. The zero-order chi connectivity index (χ0) is 17.4. The lowest BCUT2D eigenvalue weighted by atomic mass is 10.2. The normalized spacial score (nSPS) is 9.67. The first-order valence-electron chi connectivity index (χ1n) is 7.61. The minimum atomic E-state index is -0.214. The number of rotatable bonds is 6. The topological polar surface area (TPSA) is 70.2 Å². The van der Waals surface area contributed by atoms with Crippen LogP contribution >= 0.6 is 0 Å². The predicted octanol–water partition coefficient (Wildman–Crippen LogP) is 2.47. The molecule has 0 saturated heterocycles. The molecular weight excluding hydrogens is 302 g/mol. The van der Waals surface area contributed by atoms with Crippen molar-refractivity contribution in [3.05, 3.63) is 59.7 Å². The predicted molar refractivity (Wildman–Crippen MR) is 95.9 cm³/mol. The Morgan fingerprint density at radius 1 is 1.08 bits per heavy atom. The Labute approximate surface area is 141 Å². The number of carbonyl (C=O) groups is 2. The second kappa shape index (κ2) is 8.39. The summed E-state index contributed by atoms with van der Waals surface area (Å²) in [7, 11) is 0. The highest BCUT2D eigenvalue weighted by Crippen LogP contribution is 2.12. The molecule has 5 nitrogen and oxygen atoms in total. The first-order chi connectivity index (χ1) is 11.6. The van der Waals surface area contributed by atoms with Crippen LogP contribution in [0, 0.1) is 12.3 Å². The molecule has 0 aromatic heterocycles. The van der Waals surface area contributed by atoms with E-state index in [9.17, 15) is 9.59 Å². The molecule has 0 atom stereocenters. The van der Waals surface area contributed by atoms with Crippen LogP contribution < -0.4 is 16.0 Å². The minimum absolute atomic E-state index is 0.0966. The van der Waals surface area contributed by atoms with Crippen LogP contribution in [0.15, 0.2) is 48.5 Å². The number of carbonyl (C=O) groups excluding carboxylic acids is 2. The number of terminal acetylenes is 1. The van der Waals surface area contributed by atoms with Crippen LogP contribution in [0.4, 0.5) is 11.4 Å². The highest BCUT2D eigenvalue weighted by Gasteiger charge is 2.07. The van der Waals surface area contributed by atoms with Crippen molar-refractivity contribution < 1.29 is 9.59 Å². The fraction of sp³-hybridized carbons (Fsp3) is 0.158. The summed E-state index contributed by atoms with van der Waals surface area (Å²) in [6.07, 6.45) is 5.35. The Bertz CT molecular complexity index is 778. The first-order valence-corrected chi connectivity index (χ1v) is 7.61. The molecule has 0 radical (unpaired) electrons. The highest BCUT2D eigenvalue weighted by molar-refractivity contribution is 5.98. The van der Waals surface area contributed by atoms with E-state index >= 15 is 0 Å². The third kappa shape index (κ3) is 4.89. The lowest BCUT2D eigenvalue weighted by Crippen LogP contribution is -2.24. The number of hydrogen-bond donors (Lipinski definition) is 3. The van der Waals surface area contributed by atoms with E-state index < -0.39 is 0 Å². The molecule has 0 spiro atoms. The number of amides is 2. The zero-order valence-electron chi connectivity index (χ0n) is 13.4. The van der Waals surface area contributed by atoms with E-state index in [0.29, 0.717) is 17.8 Å². The van der Waals surface area contributed by atoms with Gasteiger partial charge in [-0.1, -0.05) is 18.1 Å². The van der Waals surface area contributed by atoms with E-state index in [1.165, 1.54) is 0 Å². The Morgan fingerprint density at radius 3 is 2.58 bits per heavy atom. The molecule has 0 bridgehead atoms. The lowest BCUT2D eigenvalue weighted by molar-refractivity contribution is -0.114. The summed E-state index contributed by atoms with van der Waals surface area (Å²) in [5, 5.41) is 8.49. The van der Waals surface area contributed by atoms with Gasteiger partial charge >= 0.3 is 0 Å². The summed E-state index contributed by atoms with van der Waals surface area (Å²) < 4.78 is 0. The van der Waals surface area contributed by atoms with Crippen molar-refractivity contribution in [1.82, 2.24) is 5.32 Å². The van der Waals surface area contributed by atoms with Gasteiger partial charge in [0.1, 0.15) is 0 Å². The molecule has 0 aliphatic carbocycles. The van der Waals surface area contributed by atoms with E-state index in [4.69, 9.17) is 6.42 Å². The molecule has 122 valence electrons. The summed E-state index contributed by atoms with van der Waals surface area (Å²) in [5.41, 5.74) is 2.60. The molecule has 24 heavy (non-hydrogen) atoms. The molecule has 2 aromatic carbocycles. The van der Waals surface area contributed by atoms with Crippen molar-refractivity contribution in [1.29, 1.82) is 0 Å². The van der Waals surface area contributed by atoms with Gasteiger partial charge in [-0.2, -0.15) is 0 Å². The molecule has 2 amide bonds. The smallest absolute Gasteiger partial charge is 0.251 e. The number of anilines is 2. The van der Waals surface area contributed by atoms with Gasteiger partial charge in [0, 0.05) is 29.0 Å². The van der Waals surface area contributed by atoms with E-state index in [1.54, 1.807) is 30.3 Å². The molecule has 0 fully saturated rings. The highest BCUT2D eigenvalue weighted by atomic mass is 16.2. The van der Waals surface area contributed by atoms with Crippen molar-refractivity contribution in [2.45, 2.75) is 6.92 Å². The van der Waals surface area contributed by atoms with Gasteiger partial charge in [0.25, 0.3) is 5.91 Å². The van der Waals surface area contributed by atoms with Gasteiger partial charge in [0.05, 0.1) is 6.54 Å². The van der Waals surface area contributed by atoms with Crippen molar-refractivity contribution in [2.75, 3.05) is 23.7 Å². The van der Waals surface area contributed by atoms with Gasteiger partial charge in [0.2, 0.25) is 5.91 Å². The molecule has 0 heterocycles. The van der Waals surface area contributed by atoms with E-state index in [-0.39, 0.29) is 18.4 Å². The third-order valence-electron chi connectivity index (χ3n) is 3.23. The molecule has 5 heteroatoms. The van der Waals surface area contributed by atoms with Crippen molar-refractivity contribution in [3.8, 4) is 12.3 Å². The molecule has 0 saturated carbocycles. The van der Waals surface area contributed by atoms with Crippen molar-refractivity contribution in [3.63, 3.8) is 0 Å². The summed E-state index contributed by atoms with van der Waals surface area (Å²) in [6.45, 7) is 2.50. The third-order valence-corrected chi connectivity index (χ3v) is 3.23. The van der Waals surface area contributed by atoms with Crippen LogP contribution in [0.25, 0.3) is 0 Å². The quantitative estimate of drug-likeness (QED) is 0.716. The van der Waals surface area contributed by atoms with E-state index in [0.717, 1.165) is 11.3 Å². The Kier molecular flexibility index (Phi) is 5.98. The second-order valence-electron chi connectivity index (χ2n) is 5.07. The average molecular weight is 321 g/mol. The summed E-state index contributed by atoms with van der Waals surface area (Å²) in [5.74, 6) is 2.16. The zero-order valence-corrected chi connectivity index (χ0v) is 13.4. The van der Waals surface area contributed by atoms with Crippen LogP contribution in [0.5, 0.6) is 0 Å². The lowest BCUT2D eigenvalue weighted by Gasteiger charge is -2.09. The van der Waals surface area contributed by atoms with Gasteiger partial charge in [-0.25, -0.2) is 0 Å². The molecular formula is C19H19N3O2. The summed E-state index contributed by atoms with van der Waals surface area (Å²) >= 11 is 0. The molecule has 0 aliphatic heterocycles. The number of hydrogen-bond acceptors (Lipinski definition) is 3. The number of benzene rings is 2. The number of nitrogens with one attached hydrogen (secondary N) is 3. The molecule has 0 aliphatic rings. The second-order valence-corrected chi connectivity index (χ2v) is 5.07. The maximum atomic E-state index is 12.0. The maximum Gasteiger partial charge on any atom is 0.251 e. The fourth-order valence-electron chi connectivity index (χ4n) is 2.11. The molecule has 2 aromatic rings. The van der Waals surface area contributed by atoms with Gasteiger partial charge in [-0.15, -0.1) is 6.42 Å². The Hall–Kier alpha value is -3.26. The fourth-order valence-corrected chi connectivity index (χ4v) is 2.11. The summed E-state index contributed by atoms with van der Waals surface area (Å²) in [4.78, 5) is 23.8. The monoisotopic (exact) mass is 321 g/mol. The minimum Gasteiger partial charge on any atom is -0.376 e. The van der Waals surface area contributed by atoms with Crippen LogP contribution in [-0.4, -0.2) is 24.9 Å². The van der Waals surface area contributed by atoms with Crippen LogP contribution in [0.2, 0.25) is 0 Å². The van der Waals surface area contributed by atoms with Crippen molar-refractivity contribution >= 4 is 23.2 Å². The van der Waals surface area contributed by atoms with Crippen molar-refractivity contribution in [2.24, 2.45) is 0 Å². The first kappa shape index (κ1) is 17.1. The van der Waals surface area contributed by atoms with Gasteiger partial charge in [0.15, 0.2) is 0 Å². The van der Waals surface area contributed by atoms with Crippen LogP contribution in [0.3, 0.4) is 0 Å².